The molecule has 1 amide bonds. The Morgan fingerprint density at radius 2 is 2.45 bits per heavy atom. The molecule has 0 aliphatic carbocycles. The van der Waals surface area contributed by atoms with E-state index in [0.29, 0.717) is 42.9 Å². The highest BCUT2D eigenvalue weighted by molar-refractivity contribution is 5.76. The van der Waals surface area contributed by atoms with Crippen LogP contribution in [0.15, 0.2) is 4.52 Å². The first-order chi connectivity index (χ1) is 9.65. The summed E-state index contributed by atoms with van der Waals surface area (Å²) in [6.45, 7) is 6.64. The molecule has 0 saturated carbocycles. The van der Waals surface area contributed by atoms with Gasteiger partial charge in [0.2, 0.25) is 11.8 Å². The van der Waals surface area contributed by atoms with Crippen molar-refractivity contribution in [2.75, 3.05) is 19.6 Å². The number of aromatic nitrogens is 2. The molecule has 0 radical (unpaired) electrons. The molecular formula is C14H24N4O2. The molecule has 2 rings (SSSR count). The van der Waals surface area contributed by atoms with Crippen molar-refractivity contribution in [3.05, 3.63) is 11.7 Å². The first-order valence-electron chi connectivity index (χ1n) is 7.41. The molecule has 1 fully saturated rings. The first-order valence-corrected chi connectivity index (χ1v) is 7.41. The molecule has 6 nitrogen and oxygen atoms in total. The highest BCUT2D eigenvalue weighted by atomic mass is 16.5. The van der Waals surface area contributed by atoms with Crippen molar-refractivity contribution < 1.29 is 9.32 Å². The van der Waals surface area contributed by atoms with E-state index in [0.717, 1.165) is 13.1 Å². The minimum absolute atomic E-state index is 0.114. The molecule has 0 spiro atoms. The van der Waals surface area contributed by atoms with E-state index in [4.69, 9.17) is 4.52 Å². The number of rotatable bonds is 6. The summed E-state index contributed by atoms with van der Waals surface area (Å²) in [6.07, 6.45) is 3.65. The Hall–Kier alpha value is -1.43. The monoisotopic (exact) mass is 280 g/mol. The summed E-state index contributed by atoms with van der Waals surface area (Å²) in [7, 11) is 0. The smallest absolute Gasteiger partial charge is 0.223 e. The summed E-state index contributed by atoms with van der Waals surface area (Å²) >= 11 is 0. The predicted octanol–water partition coefficient (Wildman–Crippen LogP) is 1.06. The van der Waals surface area contributed by atoms with Crippen molar-refractivity contribution in [3.63, 3.8) is 0 Å². The van der Waals surface area contributed by atoms with Crippen LogP contribution >= 0.6 is 0 Å². The average molecular weight is 280 g/mol. The lowest BCUT2D eigenvalue weighted by Gasteiger charge is -2.27. The topological polar surface area (TPSA) is 80.0 Å². The Morgan fingerprint density at radius 1 is 1.60 bits per heavy atom. The maximum Gasteiger partial charge on any atom is 0.223 e. The molecular weight excluding hydrogens is 256 g/mol. The number of nitrogens with zero attached hydrogens (tertiary/aromatic N) is 2. The number of amides is 1. The minimum atomic E-state index is 0.114. The van der Waals surface area contributed by atoms with Crippen LogP contribution in [-0.4, -0.2) is 35.7 Å². The van der Waals surface area contributed by atoms with Crippen LogP contribution in [-0.2, 0) is 11.2 Å². The van der Waals surface area contributed by atoms with Crippen molar-refractivity contribution in [2.45, 2.75) is 39.5 Å². The van der Waals surface area contributed by atoms with Gasteiger partial charge in [0, 0.05) is 26.3 Å². The first kappa shape index (κ1) is 15.0. The number of piperidine rings is 1. The zero-order valence-corrected chi connectivity index (χ0v) is 12.3. The number of hydrogen-bond donors (Lipinski definition) is 2. The van der Waals surface area contributed by atoms with Crippen LogP contribution in [0.2, 0.25) is 0 Å². The highest BCUT2D eigenvalue weighted by Crippen LogP contribution is 2.22. The number of carbonyl (C=O) groups excluding carboxylic acids is 1. The molecule has 1 aromatic rings. The molecule has 6 heteroatoms. The Labute approximate surface area is 119 Å². The van der Waals surface area contributed by atoms with Crippen LogP contribution in [0.3, 0.4) is 0 Å². The summed E-state index contributed by atoms with van der Waals surface area (Å²) in [5, 5.41) is 10.1. The Bertz CT molecular complexity index is 427. The molecule has 0 aromatic carbocycles. The Kier molecular flexibility index (Phi) is 5.52. The Balaban J connectivity index is 1.64. The lowest BCUT2D eigenvalue weighted by molar-refractivity contribution is -0.122. The van der Waals surface area contributed by atoms with Gasteiger partial charge in [-0.05, 0) is 37.8 Å². The molecule has 1 saturated heterocycles. The van der Waals surface area contributed by atoms with Crippen LogP contribution in [0, 0.1) is 18.8 Å². The summed E-state index contributed by atoms with van der Waals surface area (Å²) in [4.78, 5) is 16.0. The largest absolute Gasteiger partial charge is 0.356 e. The van der Waals surface area contributed by atoms with Crippen molar-refractivity contribution >= 4 is 5.91 Å². The second kappa shape index (κ2) is 7.38. The van der Waals surface area contributed by atoms with E-state index < -0.39 is 0 Å². The lowest BCUT2D eigenvalue weighted by atomic mass is 9.85. The van der Waals surface area contributed by atoms with Crippen molar-refractivity contribution in [1.82, 2.24) is 20.8 Å². The van der Waals surface area contributed by atoms with Gasteiger partial charge in [0.05, 0.1) is 0 Å². The number of carbonyl (C=O) groups is 1. The second-order valence-corrected chi connectivity index (χ2v) is 5.62. The SMILES string of the molecule is Cc1nc(CCNC(=O)CC(C)C2CCCNC2)no1. The Morgan fingerprint density at radius 3 is 3.10 bits per heavy atom. The lowest BCUT2D eigenvalue weighted by Crippen LogP contribution is -2.36. The molecule has 2 atom stereocenters. The van der Waals surface area contributed by atoms with Gasteiger partial charge in [0.25, 0.3) is 0 Å². The zero-order chi connectivity index (χ0) is 14.4. The van der Waals surface area contributed by atoms with Gasteiger partial charge < -0.3 is 15.2 Å². The van der Waals surface area contributed by atoms with Crippen LogP contribution < -0.4 is 10.6 Å². The molecule has 20 heavy (non-hydrogen) atoms. The van der Waals surface area contributed by atoms with Crippen LogP contribution in [0.5, 0.6) is 0 Å². The molecule has 112 valence electrons. The van der Waals surface area contributed by atoms with Crippen LogP contribution in [0.25, 0.3) is 0 Å². The zero-order valence-electron chi connectivity index (χ0n) is 12.3. The van der Waals surface area contributed by atoms with E-state index in [9.17, 15) is 4.79 Å². The summed E-state index contributed by atoms with van der Waals surface area (Å²) in [6, 6.07) is 0. The second-order valence-electron chi connectivity index (χ2n) is 5.62. The molecule has 2 N–H and O–H groups in total. The van der Waals surface area contributed by atoms with E-state index in [1.165, 1.54) is 12.8 Å². The molecule has 1 aliphatic heterocycles. The molecule has 2 unspecified atom stereocenters. The third-order valence-electron chi connectivity index (χ3n) is 3.89. The highest BCUT2D eigenvalue weighted by Gasteiger charge is 2.21. The van der Waals surface area contributed by atoms with E-state index in [2.05, 4.69) is 27.7 Å². The van der Waals surface area contributed by atoms with Crippen LogP contribution in [0.1, 0.15) is 37.9 Å². The van der Waals surface area contributed by atoms with Crippen molar-refractivity contribution in [1.29, 1.82) is 0 Å². The van der Waals surface area contributed by atoms with Gasteiger partial charge in [-0.1, -0.05) is 12.1 Å². The predicted molar refractivity (Wildman–Crippen MR) is 75.1 cm³/mol. The van der Waals surface area contributed by atoms with Crippen molar-refractivity contribution in [3.8, 4) is 0 Å². The van der Waals surface area contributed by atoms with Gasteiger partial charge in [-0.25, -0.2) is 0 Å². The maximum absolute atomic E-state index is 11.9. The van der Waals surface area contributed by atoms with Gasteiger partial charge >= 0.3 is 0 Å². The van der Waals surface area contributed by atoms with Crippen molar-refractivity contribution in [2.24, 2.45) is 11.8 Å². The fourth-order valence-corrected chi connectivity index (χ4v) is 2.65. The van der Waals surface area contributed by atoms with Gasteiger partial charge in [0.1, 0.15) is 0 Å². The maximum atomic E-state index is 11.9. The van der Waals surface area contributed by atoms with Gasteiger partial charge in [-0.15, -0.1) is 0 Å². The number of aryl methyl sites for hydroxylation is 1. The molecule has 0 bridgehead atoms. The van der Waals surface area contributed by atoms with Gasteiger partial charge in [-0.3, -0.25) is 4.79 Å². The summed E-state index contributed by atoms with van der Waals surface area (Å²) < 4.78 is 4.89. The molecule has 2 heterocycles. The summed E-state index contributed by atoms with van der Waals surface area (Å²) in [5.74, 6) is 2.37. The van der Waals surface area contributed by atoms with E-state index in [1.807, 2.05) is 0 Å². The van der Waals surface area contributed by atoms with Gasteiger partial charge in [-0.2, -0.15) is 4.98 Å². The summed E-state index contributed by atoms with van der Waals surface area (Å²) in [5.41, 5.74) is 0. The van der Waals surface area contributed by atoms with Crippen LogP contribution in [0.4, 0.5) is 0 Å². The fourth-order valence-electron chi connectivity index (χ4n) is 2.65. The van der Waals surface area contributed by atoms with Gasteiger partial charge in [0.15, 0.2) is 5.82 Å². The average Bonchev–Trinajstić information content (AvgIpc) is 2.85. The van der Waals surface area contributed by atoms with E-state index in [1.54, 1.807) is 6.92 Å². The number of nitrogens with one attached hydrogen (secondary N) is 2. The molecule has 1 aromatic heterocycles. The third kappa shape index (κ3) is 4.59. The normalized spacial score (nSPS) is 20.6. The third-order valence-corrected chi connectivity index (χ3v) is 3.89. The number of hydrogen-bond acceptors (Lipinski definition) is 5. The van der Waals surface area contributed by atoms with E-state index >= 15 is 0 Å². The van der Waals surface area contributed by atoms with E-state index in [-0.39, 0.29) is 5.91 Å². The standard InChI is InChI=1S/C14H24N4O2/c1-10(12-4-3-6-15-9-12)8-14(19)16-7-5-13-17-11(2)20-18-13/h10,12,15H,3-9H2,1-2H3,(H,16,19). The molecule has 1 aliphatic rings. The minimum Gasteiger partial charge on any atom is -0.356 e. The quantitative estimate of drug-likeness (QED) is 0.814. The fraction of sp³-hybridized carbons (Fsp3) is 0.786.